The smallest absolute Gasteiger partial charge is 0.306 e. The van der Waals surface area contributed by atoms with E-state index >= 15 is 0 Å². The molecular weight excluding hydrogens is 546 g/mol. The maximum atomic E-state index is 12.5. The van der Waals surface area contributed by atoms with Gasteiger partial charge >= 0.3 is 11.9 Å². The first-order valence-corrected chi connectivity index (χ1v) is 17.2. The minimum Gasteiger partial charge on any atom is -0.544 e. The number of carboxylic acid groups (broad SMARTS) is 1. The third-order valence-corrected chi connectivity index (χ3v) is 7.65. The van der Waals surface area contributed by atoms with Crippen molar-refractivity contribution in [3.63, 3.8) is 0 Å². The fourth-order valence-corrected chi connectivity index (χ4v) is 4.89. The quantitative estimate of drug-likeness (QED) is 0.0386. The fourth-order valence-electron chi connectivity index (χ4n) is 4.89. The molecule has 43 heavy (non-hydrogen) atoms. The summed E-state index contributed by atoms with van der Waals surface area (Å²) in [6.45, 7) is 4.46. The summed E-state index contributed by atoms with van der Waals surface area (Å²) in [4.78, 5) is 36.1. The molecule has 0 amide bonds. The molecule has 0 heterocycles. The van der Waals surface area contributed by atoms with Gasteiger partial charge in [0.05, 0.1) is 40.3 Å². The van der Waals surface area contributed by atoms with Gasteiger partial charge in [-0.25, -0.2) is 0 Å². The summed E-state index contributed by atoms with van der Waals surface area (Å²) in [6, 6.07) is -0.719. The number of allylic oxidation sites excluding steroid dienone is 2. The van der Waals surface area contributed by atoms with Gasteiger partial charge in [0.2, 0.25) is 0 Å². The zero-order chi connectivity index (χ0) is 32.2. The van der Waals surface area contributed by atoms with E-state index in [1.807, 2.05) is 0 Å². The number of carbonyl (C=O) groups excluding carboxylic acids is 3. The molecule has 0 saturated carbocycles. The molecule has 0 radical (unpaired) electrons. The molecule has 8 heteroatoms. The molecule has 0 aromatic heterocycles. The summed E-state index contributed by atoms with van der Waals surface area (Å²) in [5.41, 5.74) is 0. The van der Waals surface area contributed by atoms with Crippen molar-refractivity contribution >= 4 is 17.9 Å². The van der Waals surface area contributed by atoms with Crippen LogP contribution in [0, 0.1) is 0 Å². The number of hydrogen-bond donors (Lipinski definition) is 0. The normalized spacial score (nSPS) is 13.2. The highest BCUT2D eigenvalue weighted by molar-refractivity contribution is 5.70. The van der Waals surface area contributed by atoms with Crippen LogP contribution in [-0.2, 0) is 28.6 Å². The lowest BCUT2D eigenvalue weighted by atomic mass is 10.1. The Balaban J connectivity index is 4.25. The molecule has 2 atom stereocenters. The average Bonchev–Trinajstić information content (AvgIpc) is 2.94. The van der Waals surface area contributed by atoms with Crippen molar-refractivity contribution in [2.24, 2.45) is 0 Å². The van der Waals surface area contributed by atoms with Crippen LogP contribution in [0.2, 0.25) is 0 Å². The summed E-state index contributed by atoms with van der Waals surface area (Å²) < 4.78 is 16.8. The molecule has 0 bridgehead atoms. The van der Waals surface area contributed by atoms with Crippen LogP contribution in [0.1, 0.15) is 142 Å². The lowest BCUT2D eigenvalue weighted by molar-refractivity contribution is -0.889. The van der Waals surface area contributed by atoms with Crippen LogP contribution < -0.4 is 5.11 Å². The summed E-state index contributed by atoms with van der Waals surface area (Å²) in [5, 5.41) is 11.5. The second kappa shape index (κ2) is 27.6. The van der Waals surface area contributed by atoms with Crippen LogP contribution in [0.4, 0.5) is 0 Å². The Labute approximate surface area is 263 Å². The van der Waals surface area contributed by atoms with Crippen LogP contribution in [0.15, 0.2) is 12.2 Å². The zero-order valence-electron chi connectivity index (χ0n) is 28.4. The number of unbranched alkanes of at least 4 members (excludes halogenated alkanes) is 14. The summed E-state index contributed by atoms with van der Waals surface area (Å²) in [5.74, 6) is -1.78. The van der Waals surface area contributed by atoms with E-state index in [0.717, 1.165) is 51.4 Å². The second-order valence-corrected chi connectivity index (χ2v) is 12.8. The number of aliphatic carboxylic acids is 1. The largest absolute Gasteiger partial charge is 0.544 e. The Bertz CT molecular complexity index is 732. The van der Waals surface area contributed by atoms with Crippen molar-refractivity contribution in [1.82, 2.24) is 0 Å². The van der Waals surface area contributed by atoms with Crippen LogP contribution in [-0.4, -0.2) is 75.5 Å². The van der Waals surface area contributed by atoms with E-state index in [1.165, 1.54) is 57.8 Å². The number of quaternary nitrogens is 1. The van der Waals surface area contributed by atoms with Crippen LogP contribution in [0.5, 0.6) is 0 Å². The van der Waals surface area contributed by atoms with E-state index in [9.17, 15) is 19.5 Å². The van der Waals surface area contributed by atoms with Gasteiger partial charge in [0.15, 0.2) is 6.10 Å². The van der Waals surface area contributed by atoms with Gasteiger partial charge < -0.3 is 28.6 Å². The summed E-state index contributed by atoms with van der Waals surface area (Å²) in [7, 11) is 5.37. The zero-order valence-corrected chi connectivity index (χ0v) is 28.4. The van der Waals surface area contributed by atoms with Gasteiger partial charge in [-0.2, -0.15) is 0 Å². The van der Waals surface area contributed by atoms with Gasteiger partial charge in [0.25, 0.3) is 0 Å². The standard InChI is InChI=1S/C35H65NO7/c1-6-8-10-11-12-13-14-15-16-17-18-19-20-21-22-24-26-34(38)43-31(30-42-33(37)25-23-9-7-2)29-41-28-27-32(35(39)40)36(3,4)5/h16-17,31-32H,6-15,18-30H2,1-5H3/b17-16-. The van der Waals surface area contributed by atoms with Gasteiger partial charge in [-0.05, 0) is 38.5 Å². The molecule has 0 saturated heterocycles. The molecule has 2 unspecified atom stereocenters. The number of likely N-dealkylation sites (N-methyl/N-ethyl adjacent to an activating group) is 1. The number of nitrogens with zero attached hydrogens (tertiary/aromatic N) is 1. The van der Waals surface area contributed by atoms with Crippen molar-refractivity contribution in [2.75, 3.05) is 41.0 Å². The van der Waals surface area contributed by atoms with Crippen molar-refractivity contribution in [3.8, 4) is 0 Å². The number of rotatable bonds is 30. The molecule has 0 spiro atoms. The lowest BCUT2D eigenvalue weighted by Gasteiger charge is -2.34. The van der Waals surface area contributed by atoms with E-state index in [1.54, 1.807) is 21.1 Å². The molecule has 0 fully saturated rings. The minimum atomic E-state index is -1.13. The Morgan fingerprint density at radius 1 is 0.674 bits per heavy atom. The summed E-state index contributed by atoms with van der Waals surface area (Å²) >= 11 is 0. The van der Waals surface area contributed by atoms with Crippen LogP contribution in [0.3, 0.4) is 0 Å². The van der Waals surface area contributed by atoms with Gasteiger partial charge in [0.1, 0.15) is 12.6 Å². The van der Waals surface area contributed by atoms with E-state index in [0.29, 0.717) is 12.8 Å². The van der Waals surface area contributed by atoms with Crippen molar-refractivity contribution < 1.29 is 38.2 Å². The maximum absolute atomic E-state index is 12.5. The molecule has 252 valence electrons. The molecule has 0 aliphatic heterocycles. The predicted octanol–water partition coefficient (Wildman–Crippen LogP) is 6.68. The van der Waals surface area contributed by atoms with E-state index in [2.05, 4.69) is 26.0 Å². The minimum absolute atomic E-state index is 0.0391. The Kier molecular flexibility index (Phi) is 26.4. The second-order valence-electron chi connectivity index (χ2n) is 12.8. The van der Waals surface area contributed by atoms with Crippen molar-refractivity contribution in [1.29, 1.82) is 0 Å². The lowest BCUT2D eigenvalue weighted by Crippen LogP contribution is -2.55. The SMILES string of the molecule is CCCCCCCCC/C=C\CCCCCCCC(=O)OC(COCCC(C(=O)[O-])[N+](C)(C)C)COC(=O)CCCCC. The molecule has 0 rings (SSSR count). The molecule has 0 N–H and O–H groups in total. The van der Waals surface area contributed by atoms with Gasteiger partial charge in [-0.15, -0.1) is 0 Å². The fraction of sp³-hybridized carbons (Fsp3) is 0.857. The van der Waals surface area contributed by atoms with Crippen molar-refractivity contribution in [3.05, 3.63) is 12.2 Å². The number of carboxylic acids is 1. The Hall–Kier alpha value is -1.93. The number of esters is 2. The number of hydrogen-bond acceptors (Lipinski definition) is 7. The summed E-state index contributed by atoms with van der Waals surface area (Å²) in [6.07, 6.45) is 24.5. The van der Waals surface area contributed by atoms with Crippen LogP contribution >= 0.6 is 0 Å². The number of ether oxygens (including phenoxy) is 3. The van der Waals surface area contributed by atoms with E-state index in [4.69, 9.17) is 14.2 Å². The Morgan fingerprint density at radius 3 is 1.72 bits per heavy atom. The molecule has 0 aromatic rings. The Morgan fingerprint density at radius 2 is 1.16 bits per heavy atom. The first-order chi connectivity index (χ1) is 20.6. The van der Waals surface area contributed by atoms with Crippen molar-refractivity contribution in [2.45, 2.75) is 154 Å². The molecule has 0 aromatic carbocycles. The number of carbonyl (C=O) groups is 3. The monoisotopic (exact) mass is 611 g/mol. The molecular formula is C35H65NO7. The maximum Gasteiger partial charge on any atom is 0.306 e. The predicted molar refractivity (Wildman–Crippen MR) is 171 cm³/mol. The van der Waals surface area contributed by atoms with E-state index < -0.39 is 18.1 Å². The van der Waals surface area contributed by atoms with Gasteiger partial charge in [-0.3, -0.25) is 9.59 Å². The van der Waals surface area contributed by atoms with Gasteiger partial charge in [0, 0.05) is 19.3 Å². The average molecular weight is 612 g/mol. The van der Waals surface area contributed by atoms with Gasteiger partial charge in [-0.1, -0.05) is 96.6 Å². The van der Waals surface area contributed by atoms with Crippen LogP contribution in [0.25, 0.3) is 0 Å². The molecule has 8 nitrogen and oxygen atoms in total. The molecule has 0 aliphatic carbocycles. The first kappa shape index (κ1) is 41.1. The third kappa shape index (κ3) is 26.2. The third-order valence-electron chi connectivity index (χ3n) is 7.65. The topological polar surface area (TPSA) is 102 Å². The highest BCUT2D eigenvalue weighted by Crippen LogP contribution is 2.12. The highest BCUT2D eigenvalue weighted by atomic mass is 16.6. The highest BCUT2D eigenvalue weighted by Gasteiger charge is 2.25. The van der Waals surface area contributed by atoms with E-state index in [-0.39, 0.29) is 42.7 Å². The first-order valence-electron chi connectivity index (χ1n) is 17.2. The molecule has 0 aliphatic rings.